The monoisotopic (exact) mass is 298 g/mol. The average Bonchev–Trinajstić information content (AvgIpc) is 2.26. The maximum Gasteiger partial charge on any atom is 0.125 e. The highest BCUT2D eigenvalue weighted by molar-refractivity contribution is 9.10. The molecule has 0 spiro atoms. The van der Waals surface area contributed by atoms with Gasteiger partial charge in [0.25, 0.3) is 0 Å². The molecule has 1 aliphatic rings. The molecule has 0 saturated heterocycles. The third-order valence-electron chi connectivity index (χ3n) is 3.41. The fourth-order valence-corrected chi connectivity index (χ4v) is 2.62. The van der Waals surface area contributed by atoms with E-state index in [9.17, 15) is 5.11 Å². The summed E-state index contributed by atoms with van der Waals surface area (Å²) in [6.45, 7) is 2.59. The van der Waals surface area contributed by atoms with E-state index >= 15 is 0 Å². The van der Waals surface area contributed by atoms with E-state index in [0.717, 1.165) is 22.2 Å². The minimum atomic E-state index is -0.403. The number of benzene rings is 1. The van der Waals surface area contributed by atoms with Crippen molar-refractivity contribution in [1.82, 2.24) is 0 Å². The number of aliphatic hydroxyl groups excluding tert-OH is 1. The van der Waals surface area contributed by atoms with Crippen LogP contribution in [0.1, 0.15) is 44.3 Å². The van der Waals surface area contributed by atoms with Crippen LogP contribution in [-0.2, 0) is 0 Å². The molecular weight excluding hydrogens is 280 g/mol. The van der Waals surface area contributed by atoms with Gasteiger partial charge < -0.3 is 9.84 Å². The van der Waals surface area contributed by atoms with Gasteiger partial charge in [-0.1, -0.05) is 35.2 Å². The van der Waals surface area contributed by atoms with Crippen LogP contribution in [0.25, 0.3) is 0 Å². The summed E-state index contributed by atoms with van der Waals surface area (Å²) in [6, 6.07) is 5.84. The Balaban J connectivity index is 2.12. The first-order valence-corrected chi connectivity index (χ1v) is 7.10. The second-order valence-corrected chi connectivity index (χ2v) is 5.58. The van der Waals surface area contributed by atoms with Gasteiger partial charge in [0.05, 0.1) is 12.7 Å². The van der Waals surface area contributed by atoms with Crippen LogP contribution in [0.5, 0.6) is 5.75 Å². The van der Waals surface area contributed by atoms with Gasteiger partial charge in [-0.15, -0.1) is 0 Å². The van der Waals surface area contributed by atoms with Crippen molar-refractivity contribution < 1.29 is 9.84 Å². The molecule has 1 N–H and O–H groups in total. The van der Waals surface area contributed by atoms with Crippen molar-refractivity contribution in [3.8, 4) is 5.75 Å². The maximum atomic E-state index is 10.3. The number of halogens is 1. The molecule has 1 aromatic carbocycles. The van der Waals surface area contributed by atoms with Gasteiger partial charge in [-0.2, -0.15) is 0 Å². The van der Waals surface area contributed by atoms with Crippen molar-refractivity contribution in [2.45, 2.75) is 38.7 Å². The number of aliphatic hydroxyl groups is 1. The Kier molecular flexibility index (Phi) is 4.46. The Labute approximate surface area is 111 Å². The summed E-state index contributed by atoms with van der Waals surface area (Å²) in [4.78, 5) is 0. The third kappa shape index (κ3) is 3.23. The molecule has 0 radical (unpaired) electrons. The fourth-order valence-electron chi connectivity index (χ4n) is 2.24. The van der Waals surface area contributed by atoms with Crippen molar-refractivity contribution in [3.05, 3.63) is 28.2 Å². The minimum absolute atomic E-state index is 0.403. The van der Waals surface area contributed by atoms with Crippen LogP contribution in [0.15, 0.2) is 22.7 Å². The Bertz CT molecular complexity index is 374. The lowest BCUT2D eigenvalue weighted by Crippen LogP contribution is -2.15. The zero-order chi connectivity index (χ0) is 12.3. The van der Waals surface area contributed by atoms with Crippen molar-refractivity contribution in [3.63, 3.8) is 0 Å². The van der Waals surface area contributed by atoms with E-state index < -0.39 is 6.10 Å². The lowest BCUT2D eigenvalue weighted by atomic mass is 9.80. The first kappa shape index (κ1) is 12.9. The summed E-state index contributed by atoms with van der Waals surface area (Å²) in [6.07, 6.45) is 4.29. The molecule has 1 atom stereocenters. The summed E-state index contributed by atoms with van der Waals surface area (Å²) < 4.78 is 6.55. The summed E-state index contributed by atoms with van der Waals surface area (Å²) >= 11 is 3.45. The van der Waals surface area contributed by atoms with Gasteiger partial charge in [0.1, 0.15) is 5.75 Å². The highest BCUT2D eigenvalue weighted by atomic mass is 79.9. The Hall–Kier alpha value is -0.540. The SMILES string of the molecule is CCOc1ccc(Br)cc1C(O)CC1CCC1. The molecule has 0 heterocycles. The first-order valence-electron chi connectivity index (χ1n) is 6.31. The average molecular weight is 299 g/mol. The number of rotatable bonds is 5. The number of ether oxygens (including phenoxy) is 1. The van der Waals surface area contributed by atoms with Gasteiger partial charge in [0.15, 0.2) is 0 Å². The summed E-state index contributed by atoms with van der Waals surface area (Å²) in [5, 5.41) is 10.3. The molecule has 1 fully saturated rings. The van der Waals surface area contributed by atoms with E-state index in [1.807, 2.05) is 25.1 Å². The predicted molar refractivity (Wildman–Crippen MR) is 72.2 cm³/mol. The molecule has 94 valence electrons. The van der Waals surface area contributed by atoms with Crippen LogP contribution in [0, 0.1) is 5.92 Å². The van der Waals surface area contributed by atoms with Gasteiger partial charge in [-0.25, -0.2) is 0 Å². The first-order chi connectivity index (χ1) is 8.20. The molecule has 0 aromatic heterocycles. The molecule has 1 saturated carbocycles. The second-order valence-electron chi connectivity index (χ2n) is 4.66. The van der Waals surface area contributed by atoms with Gasteiger partial charge in [-0.05, 0) is 37.5 Å². The number of hydrogen-bond acceptors (Lipinski definition) is 2. The van der Waals surface area contributed by atoms with Crippen molar-refractivity contribution in [2.24, 2.45) is 5.92 Å². The molecular formula is C14H19BrO2. The molecule has 0 bridgehead atoms. The van der Waals surface area contributed by atoms with E-state index in [2.05, 4.69) is 15.9 Å². The topological polar surface area (TPSA) is 29.5 Å². The Morgan fingerprint density at radius 3 is 2.82 bits per heavy atom. The predicted octanol–water partition coefficient (Wildman–Crippen LogP) is 4.07. The van der Waals surface area contributed by atoms with Crippen LogP contribution in [-0.4, -0.2) is 11.7 Å². The van der Waals surface area contributed by atoms with Gasteiger partial charge in [-0.3, -0.25) is 0 Å². The Morgan fingerprint density at radius 1 is 1.47 bits per heavy atom. The van der Waals surface area contributed by atoms with E-state index in [-0.39, 0.29) is 0 Å². The zero-order valence-electron chi connectivity index (χ0n) is 10.2. The summed E-state index contributed by atoms with van der Waals surface area (Å²) in [5.74, 6) is 1.50. The van der Waals surface area contributed by atoms with E-state index in [0.29, 0.717) is 12.5 Å². The van der Waals surface area contributed by atoms with Crippen molar-refractivity contribution >= 4 is 15.9 Å². The highest BCUT2D eigenvalue weighted by Gasteiger charge is 2.23. The quantitative estimate of drug-likeness (QED) is 0.888. The van der Waals surface area contributed by atoms with E-state index in [1.165, 1.54) is 19.3 Å². The number of hydrogen-bond donors (Lipinski definition) is 1. The molecule has 1 unspecified atom stereocenters. The summed E-state index contributed by atoms with van der Waals surface area (Å²) in [7, 11) is 0. The minimum Gasteiger partial charge on any atom is -0.493 e. The van der Waals surface area contributed by atoms with Gasteiger partial charge in [0, 0.05) is 10.0 Å². The zero-order valence-corrected chi connectivity index (χ0v) is 11.7. The van der Waals surface area contributed by atoms with Gasteiger partial charge >= 0.3 is 0 Å². The van der Waals surface area contributed by atoms with Crippen molar-refractivity contribution in [2.75, 3.05) is 6.61 Å². The van der Waals surface area contributed by atoms with Crippen LogP contribution < -0.4 is 4.74 Å². The van der Waals surface area contributed by atoms with E-state index in [1.54, 1.807) is 0 Å². The van der Waals surface area contributed by atoms with Gasteiger partial charge in [0.2, 0.25) is 0 Å². The normalized spacial score (nSPS) is 17.6. The molecule has 17 heavy (non-hydrogen) atoms. The van der Waals surface area contributed by atoms with Crippen LogP contribution in [0.4, 0.5) is 0 Å². The summed E-state index contributed by atoms with van der Waals surface area (Å²) in [5.41, 5.74) is 0.910. The van der Waals surface area contributed by atoms with Crippen LogP contribution >= 0.6 is 15.9 Å². The molecule has 2 nitrogen and oxygen atoms in total. The van der Waals surface area contributed by atoms with Crippen LogP contribution in [0.3, 0.4) is 0 Å². The molecule has 2 rings (SSSR count). The third-order valence-corrected chi connectivity index (χ3v) is 3.91. The lowest BCUT2D eigenvalue weighted by Gasteiger charge is -2.28. The second kappa shape index (κ2) is 5.87. The van der Waals surface area contributed by atoms with E-state index in [4.69, 9.17) is 4.74 Å². The fraction of sp³-hybridized carbons (Fsp3) is 0.571. The molecule has 1 aromatic rings. The molecule has 1 aliphatic carbocycles. The lowest BCUT2D eigenvalue weighted by molar-refractivity contribution is 0.115. The maximum absolute atomic E-state index is 10.3. The molecule has 0 aliphatic heterocycles. The smallest absolute Gasteiger partial charge is 0.125 e. The highest BCUT2D eigenvalue weighted by Crippen LogP contribution is 2.38. The largest absolute Gasteiger partial charge is 0.493 e. The standard InChI is InChI=1S/C14H19BrO2/c1-2-17-14-7-6-11(15)9-12(14)13(16)8-10-4-3-5-10/h6-7,9-10,13,16H,2-5,8H2,1H3. The van der Waals surface area contributed by atoms with Crippen LogP contribution in [0.2, 0.25) is 0 Å². The molecule has 3 heteroatoms. The van der Waals surface area contributed by atoms with Crippen molar-refractivity contribution in [1.29, 1.82) is 0 Å². The Morgan fingerprint density at radius 2 is 2.24 bits per heavy atom. The molecule has 0 amide bonds.